The molecule has 24 heavy (non-hydrogen) atoms. The second kappa shape index (κ2) is 6.69. The first kappa shape index (κ1) is 16.0. The van der Waals surface area contributed by atoms with Crippen LogP contribution in [-0.4, -0.2) is 61.1 Å². The first-order valence-corrected chi connectivity index (χ1v) is 7.80. The number of hydrogen-bond acceptors (Lipinski definition) is 7. The van der Waals surface area contributed by atoms with Gasteiger partial charge in [-0.2, -0.15) is 4.98 Å². The van der Waals surface area contributed by atoms with Crippen molar-refractivity contribution in [1.29, 1.82) is 0 Å². The van der Waals surface area contributed by atoms with Crippen LogP contribution in [0.2, 0.25) is 0 Å². The summed E-state index contributed by atoms with van der Waals surface area (Å²) < 4.78 is 0. The molecule has 3 rings (SSSR count). The van der Waals surface area contributed by atoms with Crippen molar-refractivity contribution in [3.63, 3.8) is 0 Å². The monoisotopic (exact) mass is 327 g/mol. The van der Waals surface area contributed by atoms with Crippen LogP contribution in [0.1, 0.15) is 10.4 Å². The Labute approximate surface area is 140 Å². The molecule has 2 aromatic rings. The Bertz CT molecular complexity index is 726. The summed E-state index contributed by atoms with van der Waals surface area (Å²) in [5.74, 6) is 1.16. The number of anilines is 3. The number of pyridine rings is 1. The van der Waals surface area contributed by atoms with E-state index in [-0.39, 0.29) is 0 Å². The van der Waals surface area contributed by atoms with Crippen LogP contribution in [0.4, 0.5) is 17.5 Å². The number of nitrogens with zero attached hydrogens (tertiary/aromatic N) is 6. The summed E-state index contributed by atoms with van der Waals surface area (Å²) >= 11 is 0. The fraction of sp³-hybridized carbons (Fsp3) is 0.375. The molecule has 8 heteroatoms. The fourth-order valence-electron chi connectivity index (χ4n) is 2.76. The number of carbonyl (C=O) groups is 1. The molecule has 8 nitrogen and oxygen atoms in total. The number of nitrogens with two attached hydrogens (primary N) is 1. The Morgan fingerprint density at radius 2 is 1.83 bits per heavy atom. The van der Waals surface area contributed by atoms with E-state index < -0.39 is 5.91 Å². The van der Waals surface area contributed by atoms with Crippen molar-refractivity contribution in [1.82, 2.24) is 15.0 Å². The van der Waals surface area contributed by atoms with Crippen LogP contribution in [0, 0.1) is 0 Å². The van der Waals surface area contributed by atoms with E-state index in [9.17, 15) is 4.79 Å². The lowest BCUT2D eigenvalue weighted by Gasteiger charge is -2.37. The van der Waals surface area contributed by atoms with Crippen molar-refractivity contribution in [2.75, 3.05) is 55.0 Å². The molecule has 2 N–H and O–H groups in total. The van der Waals surface area contributed by atoms with Gasteiger partial charge in [0, 0.05) is 58.9 Å². The zero-order valence-corrected chi connectivity index (χ0v) is 13.9. The molecule has 1 aliphatic rings. The van der Waals surface area contributed by atoms with Gasteiger partial charge >= 0.3 is 0 Å². The first-order chi connectivity index (χ1) is 11.6. The van der Waals surface area contributed by atoms with Gasteiger partial charge in [-0.1, -0.05) is 0 Å². The molecule has 0 atom stereocenters. The van der Waals surface area contributed by atoms with Crippen molar-refractivity contribution in [3.05, 3.63) is 36.3 Å². The third-order valence-electron chi connectivity index (χ3n) is 4.04. The molecular weight excluding hydrogens is 306 g/mol. The second-order valence-corrected chi connectivity index (χ2v) is 5.84. The third kappa shape index (κ3) is 3.22. The normalized spacial score (nSPS) is 14.6. The van der Waals surface area contributed by atoms with Gasteiger partial charge in [-0.3, -0.25) is 9.78 Å². The standard InChI is InChI=1S/C16H21N7O/c1-21(2)16-19-6-4-14(20-16)23-9-7-22(8-10-23)13-3-5-18-11-12(13)15(17)24/h3-6,11H,7-10H2,1-2H3,(H2,17,24). The minimum absolute atomic E-state index is 0.452. The molecule has 0 aliphatic carbocycles. The maximum absolute atomic E-state index is 11.6. The molecular formula is C16H21N7O. The van der Waals surface area contributed by atoms with Gasteiger partial charge < -0.3 is 20.4 Å². The molecule has 1 aliphatic heterocycles. The maximum atomic E-state index is 11.6. The number of aromatic nitrogens is 3. The van der Waals surface area contributed by atoms with Crippen molar-refractivity contribution < 1.29 is 4.79 Å². The van der Waals surface area contributed by atoms with E-state index in [0.29, 0.717) is 11.5 Å². The highest BCUT2D eigenvalue weighted by Crippen LogP contribution is 2.22. The lowest BCUT2D eigenvalue weighted by atomic mass is 10.2. The van der Waals surface area contributed by atoms with Crippen LogP contribution in [0.5, 0.6) is 0 Å². The van der Waals surface area contributed by atoms with E-state index >= 15 is 0 Å². The van der Waals surface area contributed by atoms with Crippen LogP contribution in [0.3, 0.4) is 0 Å². The molecule has 2 aromatic heterocycles. The Morgan fingerprint density at radius 3 is 2.50 bits per heavy atom. The van der Waals surface area contributed by atoms with Crippen molar-refractivity contribution in [2.45, 2.75) is 0 Å². The summed E-state index contributed by atoms with van der Waals surface area (Å²) in [4.78, 5) is 30.7. The molecule has 0 unspecified atom stereocenters. The molecule has 1 saturated heterocycles. The Hall–Kier alpha value is -2.90. The highest BCUT2D eigenvalue weighted by atomic mass is 16.1. The number of amides is 1. The van der Waals surface area contributed by atoms with Gasteiger partial charge in [0.2, 0.25) is 5.95 Å². The van der Waals surface area contributed by atoms with Crippen LogP contribution in [0.25, 0.3) is 0 Å². The summed E-state index contributed by atoms with van der Waals surface area (Å²) in [6.45, 7) is 3.19. The SMILES string of the molecule is CN(C)c1nccc(N2CCN(c3ccncc3C(N)=O)CC2)n1. The highest BCUT2D eigenvalue weighted by Gasteiger charge is 2.22. The van der Waals surface area contributed by atoms with Gasteiger partial charge in [0.1, 0.15) is 5.82 Å². The van der Waals surface area contributed by atoms with Gasteiger partial charge in [-0.25, -0.2) is 4.98 Å². The van der Waals surface area contributed by atoms with Gasteiger partial charge in [-0.15, -0.1) is 0 Å². The first-order valence-electron chi connectivity index (χ1n) is 7.80. The number of hydrogen-bond donors (Lipinski definition) is 1. The zero-order valence-electron chi connectivity index (χ0n) is 13.9. The van der Waals surface area contributed by atoms with Gasteiger partial charge in [-0.05, 0) is 12.1 Å². The molecule has 0 radical (unpaired) electrons. The summed E-state index contributed by atoms with van der Waals surface area (Å²) in [6.07, 6.45) is 4.98. The van der Waals surface area contributed by atoms with Gasteiger partial charge in [0.25, 0.3) is 5.91 Å². The highest BCUT2D eigenvalue weighted by molar-refractivity contribution is 5.98. The predicted octanol–water partition coefficient (Wildman–Crippen LogP) is 0.363. The number of primary amides is 1. The number of piperazine rings is 1. The zero-order chi connectivity index (χ0) is 17.1. The lowest BCUT2D eigenvalue weighted by molar-refractivity contribution is 0.100. The molecule has 1 amide bonds. The van der Waals surface area contributed by atoms with E-state index in [2.05, 4.69) is 24.8 Å². The van der Waals surface area contributed by atoms with Crippen molar-refractivity contribution >= 4 is 23.4 Å². The Kier molecular flexibility index (Phi) is 4.45. The maximum Gasteiger partial charge on any atom is 0.252 e. The third-order valence-corrected chi connectivity index (χ3v) is 4.04. The van der Waals surface area contributed by atoms with Crippen LogP contribution in [0.15, 0.2) is 30.7 Å². The molecule has 126 valence electrons. The summed E-state index contributed by atoms with van der Waals surface area (Å²) in [5.41, 5.74) is 6.75. The Morgan fingerprint density at radius 1 is 1.12 bits per heavy atom. The average Bonchev–Trinajstić information content (AvgIpc) is 2.62. The largest absolute Gasteiger partial charge is 0.367 e. The smallest absolute Gasteiger partial charge is 0.252 e. The molecule has 3 heterocycles. The molecule has 0 bridgehead atoms. The predicted molar refractivity (Wildman–Crippen MR) is 93.5 cm³/mol. The average molecular weight is 327 g/mol. The van der Waals surface area contributed by atoms with Crippen molar-refractivity contribution in [3.8, 4) is 0 Å². The van der Waals surface area contributed by atoms with Gasteiger partial charge in [0.05, 0.1) is 11.3 Å². The second-order valence-electron chi connectivity index (χ2n) is 5.84. The Balaban J connectivity index is 1.73. The molecule has 1 fully saturated rings. The summed E-state index contributed by atoms with van der Waals surface area (Å²) in [5, 5.41) is 0. The number of rotatable bonds is 4. The van der Waals surface area contributed by atoms with E-state index in [0.717, 1.165) is 37.7 Å². The molecule has 0 aromatic carbocycles. The topological polar surface area (TPSA) is 91.5 Å². The van der Waals surface area contributed by atoms with Gasteiger partial charge in [0.15, 0.2) is 0 Å². The molecule has 0 spiro atoms. The van der Waals surface area contributed by atoms with E-state index in [1.807, 2.05) is 31.1 Å². The quantitative estimate of drug-likeness (QED) is 0.867. The van der Waals surface area contributed by atoms with E-state index in [4.69, 9.17) is 5.73 Å². The van der Waals surface area contributed by atoms with E-state index in [1.54, 1.807) is 12.4 Å². The van der Waals surface area contributed by atoms with Crippen molar-refractivity contribution in [2.24, 2.45) is 5.73 Å². The van der Waals surface area contributed by atoms with Crippen LogP contribution < -0.4 is 20.4 Å². The minimum Gasteiger partial charge on any atom is -0.367 e. The number of carbonyl (C=O) groups excluding carboxylic acids is 1. The minimum atomic E-state index is -0.452. The van der Waals surface area contributed by atoms with Crippen LogP contribution >= 0.6 is 0 Å². The van der Waals surface area contributed by atoms with E-state index in [1.165, 1.54) is 6.20 Å². The van der Waals surface area contributed by atoms with Crippen LogP contribution in [-0.2, 0) is 0 Å². The molecule has 0 saturated carbocycles. The fourth-order valence-corrected chi connectivity index (χ4v) is 2.76. The lowest BCUT2D eigenvalue weighted by Crippen LogP contribution is -2.47. The summed E-state index contributed by atoms with van der Waals surface area (Å²) in [7, 11) is 3.84. The summed E-state index contributed by atoms with van der Waals surface area (Å²) in [6, 6.07) is 3.76.